The molecule has 1 aromatic heterocycles. The minimum Gasteiger partial charge on any atom is -0.466 e. The first-order chi connectivity index (χ1) is 9.99. The normalized spacial score (nSPS) is 19.8. The molecule has 2 rings (SSSR count). The summed E-state index contributed by atoms with van der Waals surface area (Å²) in [6.45, 7) is 1.99. The Morgan fingerprint density at radius 1 is 1.43 bits per heavy atom. The van der Waals surface area contributed by atoms with Gasteiger partial charge in [0.05, 0.1) is 30.6 Å². The maximum Gasteiger partial charge on any atom is 0.358 e. The van der Waals surface area contributed by atoms with Gasteiger partial charge in [-0.1, -0.05) is 11.6 Å². The predicted octanol–water partition coefficient (Wildman–Crippen LogP) is 1.20. The second kappa shape index (κ2) is 6.17. The van der Waals surface area contributed by atoms with Gasteiger partial charge in [0, 0.05) is 6.20 Å². The van der Waals surface area contributed by atoms with Crippen molar-refractivity contribution >= 4 is 29.4 Å². The topological polar surface area (TPSA) is 86.6 Å². The molecule has 1 heterocycles. The van der Waals surface area contributed by atoms with Gasteiger partial charge >= 0.3 is 11.9 Å². The Morgan fingerprint density at radius 3 is 2.76 bits per heavy atom. The van der Waals surface area contributed by atoms with E-state index < -0.39 is 17.8 Å². The number of nitrogens with one attached hydrogen (secondary N) is 1. The Hall–Kier alpha value is -2.02. The molecular weight excluding hydrogens is 300 g/mol. The van der Waals surface area contributed by atoms with Crippen LogP contribution in [0, 0.1) is 11.8 Å². The molecule has 1 amide bonds. The van der Waals surface area contributed by atoms with E-state index in [-0.39, 0.29) is 29.2 Å². The number of esters is 2. The smallest absolute Gasteiger partial charge is 0.358 e. The number of carbonyl (C=O) groups excluding carboxylic acids is 3. The Kier molecular flexibility index (Phi) is 4.52. The van der Waals surface area contributed by atoms with Gasteiger partial charge in [0.1, 0.15) is 0 Å². The number of halogens is 1. The number of amides is 1. The molecule has 0 radical (unpaired) electrons. The fourth-order valence-corrected chi connectivity index (χ4v) is 2.21. The molecule has 1 aliphatic rings. The number of hydrogen-bond donors (Lipinski definition) is 1. The van der Waals surface area contributed by atoms with Crippen molar-refractivity contribution in [1.82, 2.24) is 4.68 Å². The first-order valence-corrected chi connectivity index (χ1v) is 6.80. The first-order valence-electron chi connectivity index (χ1n) is 6.42. The summed E-state index contributed by atoms with van der Waals surface area (Å²) in [4.78, 5) is 35.1. The average Bonchev–Trinajstić information content (AvgIpc) is 3.18. The third-order valence-electron chi connectivity index (χ3n) is 3.16. The SMILES string of the molecule is CCOC(=O)[C@@H]1C[C@H]1C(=O)Nn1ccc(Cl)c1C(=O)OC. The summed E-state index contributed by atoms with van der Waals surface area (Å²) < 4.78 is 10.6. The van der Waals surface area contributed by atoms with Crippen LogP contribution in [-0.4, -0.2) is 36.2 Å². The molecular formula is C13H15ClN2O5. The van der Waals surface area contributed by atoms with Gasteiger partial charge in [-0.25, -0.2) is 4.79 Å². The molecule has 7 nitrogen and oxygen atoms in total. The summed E-state index contributed by atoms with van der Waals surface area (Å²) in [5, 5.41) is 0.167. The molecule has 1 fully saturated rings. The molecule has 0 unspecified atom stereocenters. The second-order valence-corrected chi connectivity index (χ2v) is 4.96. The zero-order valence-electron chi connectivity index (χ0n) is 11.6. The largest absolute Gasteiger partial charge is 0.466 e. The van der Waals surface area contributed by atoms with Gasteiger partial charge in [-0.3, -0.25) is 19.7 Å². The summed E-state index contributed by atoms with van der Waals surface area (Å²) in [5.41, 5.74) is 2.55. The average molecular weight is 315 g/mol. The van der Waals surface area contributed by atoms with E-state index in [1.54, 1.807) is 6.92 Å². The second-order valence-electron chi connectivity index (χ2n) is 4.55. The van der Waals surface area contributed by atoms with E-state index in [4.69, 9.17) is 16.3 Å². The first kappa shape index (κ1) is 15.4. The van der Waals surface area contributed by atoms with Gasteiger partial charge in [0.25, 0.3) is 0 Å². The van der Waals surface area contributed by atoms with E-state index in [9.17, 15) is 14.4 Å². The summed E-state index contributed by atoms with van der Waals surface area (Å²) in [5.74, 6) is -2.28. The van der Waals surface area contributed by atoms with Crippen LogP contribution in [0.5, 0.6) is 0 Å². The molecule has 0 bridgehead atoms. The van der Waals surface area contributed by atoms with Crippen LogP contribution >= 0.6 is 11.6 Å². The van der Waals surface area contributed by atoms with Crippen molar-refractivity contribution in [1.29, 1.82) is 0 Å². The van der Waals surface area contributed by atoms with Crippen LogP contribution in [0.25, 0.3) is 0 Å². The number of ether oxygens (including phenoxy) is 2. The fourth-order valence-electron chi connectivity index (χ4n) is 1.99. The molecule has 114 valence electrons. The zero-order valence-corrected chi connectivity index (χ0v) is 12.3. The number of carbonyl (C=O) groups is 3. The number of hydrogen-bond acceptors (Lipinski definition) is 5. The molecule has 1 aromatic rings. The zero-order chi connectivity index (χ0) is 15.6. The lowest BCUT2D eigenvalue weighted by Gasteiger charge is -2.09. The Bertz CT molecular complexity index is 583. The summed E-state index contributed by atoms with van der Waals surface area (Å²) in [6, 6.07) is 1.46. The van der Waals surface area contributed by atoms with Crippen molar-refractivity contribution in [3.63, 3.8) is 0 Å². The Labute approximate surface area is 126 Å². The number of nitrogens with zero attached hydrogens (tertiary/aromatic N) is 1. The van der Waals surface area contributed by atoms with Gasteiger partial charge in [-0.15, -0.1) is 0 Å². The van der Waals surface area contributed by atoms with Crippen molar-refractivity contribution < 1.29 is 23.9 Å². The van der Waals surface area contributed by atoms with E-state index in [0.717, 1.165) is 0 Å². The van der Waals surface area contributed by atoms with Crippen molar-refractivity contribution in [3.8, 4) is 0 Å². The van der Waals surface area contributed by atoms with Gasteiger partial charge in [-0.2, -0.15) is 0 Å². The third kappa shape index (κ3) is 3.18. The number of methoxy groups -OCH3 is 1. The minimum absolute atomic E-state index is 0.0286. The van der Waals surface area contributed by atoms with Crippen molar-refractivity contribution in [3.05, 3.63) is 23.0 Å². The molecule has 1 N–H and O–H groups in total. The maximum atomic E-state index is 12.0. The molecule has 0 saturated heterocycles. The number of rotatable bonds is 5. The highest BCUT2D eigenvalue weighted by atomic mass is 35.5. The number of aromatic nitrogens is 1. The van der Waals surface area contributed by atoms with Gasteiger partial charge < -0.3 is 9.47 Å². The lowest BCUT2D eigenvalue weighted by atomic mass is 10.3. The molecule has 0 spiro atoms. The third-order valence-corrected chi connectivity index (χ3v) is 3.47. The molecule has 0 aliphatic heterocycles. The van der Waals surface area contributed by atoms with Crippen LogP contribution in [0.3, 0.4) is 0 Å². The standard InChI is InChI=1S/C13H15ClN2O5/c1-3-21-12(18)8-6-7(8)11(17)15-16-5-4-9(14)10(16)13(19)20-2/h4-5,7-8H,3,6H2,1-2H3,(H,15,17)/t7-,8-/m1/s1. The van der Waals surface area contributed by atoms with Crippen LogP contribution in [0.2, 0.25) is 5.02 Å². The molecule has 2 atom stereocenters. The highest BCUT2D eigenvalue weighted by molar-refractivity contribution is 6.33. The highest BCUT2D eigenvalue weighted by Gasteiger charge is 2.49. The summed E-state index contributed by atoms with van der Waals surface area (Å²) >= 11 is 5.87. The van der Waals surface area contributed by atoms with Gasteiger partial charge in [0.2, 0.25) is 5.91 Å². The Morgan fingerprint density at radius 2 is 2.14 bits per heavy atom. The maximum absolute atomic E-state index is 12.0. The van der Waals surface area contributed by atoms with Crippen molar-refractivity contribution in [2.75, 3.05) is 19.1 Å². The molecule has 1 saturated carbocycles. The van der Waals surface area contributed by atoms with Crippen LogP contribution in [0.4, 0.5) is 0 Å². The van der Waals surface area contributed by atoms with Crippen LogP contribution in [0.15, 0.2) is 12.3 Å². The summed E-state index contributed by atoms with van der Waals surface area (Å²) in [6.07, 6.45) is 1.88. The lowest BCUT2D eigenvalue weighted by Crippen LogP contribution is -2.28. The van der Waals surface area contributed by atoms with E-state index in [0.29, 0.717) is 6.42 Å². The molecule has 21 heavy (non-hydrogen) atoms. The summed E-state index contributed by atoms with van der Waals surface area (Å²) in [7, 11) is 1.22. The van der Waals surface area contributed by atoms with Crippen LogP contribution in [0.1, 0.15) is 23.8 Å². The molecule has 1 aliphatic carbocycles. The van der Waals surface area contributed by atoms with Crippen LogP contribution < -0.4 is 5.43 Å². The van der Waals surface area contributed by atoms with Gasteiger partial charge in [0.15, 0.2) is 5.69 Å². The Balaban J connectivity index is 2.02. The van der Waals surface area contributed by atoms with Crippen molar-refractivity contribution in [2.24, 2.45) is 11.8 Å². The van der Waals surface area contributed by atoms with E-state index >= 15 is 0 Å². The fraction of sp³-hybridized carbons (Fsp3) is 0.462. The van der Waals surface area contributed by atoms with E-state index in [1.165, 1.54) is 24.0 Å². The molecule has 0 aromatic carbocycles. The quantitative estimate of drug-likeness (QED) is 0.825. The van der Waals surface area contributed by atoms with Crippen molar-refractivity contribution in [2.45, 2.75) is 13.3 Å². The monoisotopic (exact) mass is 314 g/mol. The predicted molar refractivity (Wildman–Crippen MR) is 73.4 cm³/mol. The van der Waals surface area contributed by atoms with Gasteiger partial charge in [-0.05, 0) is 19.4 Å². The van der Waals surface area contributed by atoms with E-state index in [1.807, 2.05) is 0 Å². The lowest BCUT2D eigenvalue weighted by molar-refractivity contribution is -0.145. The molecule has 8 heteroatoms. The minimum atomic E-state index is -0.664. The van der Waals surface area contributed by atoms with Crippen LogP contribution in [-0.2, 0) is 19.1 Å². The van der Waals surface area contributed by atoms with E-state index in [2.05, 4.69) is 10.2 Å². The highest BCUT2D eigenvalue weighted by Crippen LogP contribution is 2.39.